The molecule has 1 aliphatic heterocycles. The molecule has 0 N–H and O–H groups in total. The first-order chi connectivity index (χ1) is 6.77. The first kappa shape index (κ1) is 9.93. The Kier molecular flexibility index (Phi) is 3.03. The summed E-state index contributed by atoms with van der Waals surface area (Å²) in [5, 5.41) is 0. The van der Waals surface area contributed by atoms with Gasteiger partial charge in [-0.2, -0.15) is 0 Å². The van der Waals surface area contributed by atoms with Crippen LogP contribution in [0.4, 0.5) is 5.82 Å². The number of aryl methyl sites for hydroxylation is 1. The van der Waals surface area contributed by atoms with Crippen LogP contribution < -0.4 is 4.90 Å². The van der Waals surface area contributed by atoms with Crippen LogP contribution in [0.3, 0.4) is 0 Å². The van der Waals surface area contributed by atoms with Gasteiger partial charge in [0, 0.05) is 23.8 Å². The summed E-state index contributed by atoms with van der Waals surface area (Å²) in [6.45, 7) is 5.56. The van der Waals surface area contributed by atoms with Crippen LogP contribution in [-0.2, 0) is 4.74 Å². The molecule has 14 heavy (non-hydrogen) atoms. The summed E-state index contributed by atoms with van der Waals surface area (Å²) in [4.78, 5) is 6.64. The van der Waals surface area contributed by atoms with E-state index in [-0.39, 0.29) is 0 Å². The number of ether oxygens (including phenoxy) is 1. The zero-order valence-electron chi connectivity index (χ0n) is 8.16. The van der Waals surface area contributed by atoms with Crippen LogP contribution in [0.2, 0.25) is 0 Å². The van der Waals surface area contributed by atoms with Gasteiger partial charge in [-0.25, -0.2) is 4.98 Å². The van der Waals surface area contributed by atoms with Crippen LogP contribution in [0.25, 0.3) is 0 Å². The van der Waals surface area contributed by atoms with Crippen molar-refractivity contribution in [2.24, 2.45) is 0 Å². The van der Waals surface area contributed by atoms with Gasteiger partial charge in [0.1, 0.15) is 5.82 Å². The summed E-state index contributed by atoms with van der Waals surface area (Å²) >= 11 is 3.45. The van der Waals surface area contributed by atoms with Gasteiger partial charge < -0.3 is 9.64 Å². The number of halogens is 1. The number of hydrogen-bond acceptors (Lipinski definition) is 3. The Bertz CT molecular complexity index is 324. The molecule has 76 valence electrons. The maximum Gasteiger partial charge on any atom is 0.128 e. The minimum Gasteiger partial charge on any atom is -0.378 e. The van der Waals surface area contributed by atoms with Crippen molar-refractivity contribution in [3.05, 3.63) is 22.3 Å². The Morgan fingerprint density at radius 1 is 1.43 bits per heavy atom. The lowest BCUT2D eigenvalue weighted by atomic mass is 10.3. The monoisotopic (exact) mass is 256 g/mol. The molecule has 3 nitrogen and oxygen atoms in total. The van der Waals surface area contributed by atoms with E-state index in [2.05, 4.69) is 38.8 Å². The third-order valence-corrected chi connectivity index (χ3v) is 3.20. The SMILES string of the molecule is Cc1cc(N2CCOCC2)ncc1Br. The molecule has 1 aromatic heterocycles. The highest BCUT2D eigenvalue weighted by molar-refractivity contribution is 9.10. The average Bonchev–Trinajstić information content (AvgIpc) is 2.23. The van der Waals surface area contributed by atoms with Gasteiger partial charge >= 0.3 is 0 Å². The largest absolute Gasteiger partial charge is 0.378 e. The minimum atomic E-state index is 0.802. The molecule has 0 spiro atoms. The number of pyridine rings is 1. The van der Waals surface area contributed by atoms with Crippen molar-refractivity contribution in [2.75, 3.05) is 31.2 Å². The van der Waals surface area contributed by atoms with E-state index < -0.39 is 0 Å². The van der Waals surface area contributed by atoms with Crippen LogP contribution in [0, 0.1) is 6.92 Å². The number of hydrogen-bond donors (Lipinski definition) is 0. The standard InChI is InChI=1S/C10H13BrN2O/c1-8-6-10(12-7-9(8)11)13-2-4-14-5-3-13/h6-7H,2-5H2,1H3. The van der Waals surface area contributed by atoms with Crippen molar-refractivity contribution >= 4 is 21.7 Å². The van der Waals surface area contributed by atoms with Crippen molar-refractivity contribution in [3.8, 4) is 0 Å². The second-order valence-electron chi connectivity index (χ2n) is 3.39. The molecular weight excluding hydrogens is 244 g/mol. The van der Waals surface area contributed by atoms with Crippen LogP contribution >= 0.6 is 15.9 Å². The topological polar surface area (TPSA) is 25.4 Å². The van der Waals surface area contributed by atoms with Gasteiger partial charge in [0.15, 0.2) is 0 Å². The summed E-state index contributed by atoms with van der Waals surface area (Å²) in [5.74, 6) is 1.05. The Balaban J connectivity index is 2.18. The van der Waals surface area contributed by atoms with Crippen LogP contribution in [-0.4, -0.2) is 31.3 Å². The summed E-state index contributed by atoms with van der Waals surface area (Å²) in [6.07, 6.45) is 1.86. The molecule has 2 rings (SSSR count). The highest BCUT2D eigenvalue weighted by Crippen LogP contribution is 2.20. The van der Waals surface area contributed by atoms with Gasteiger partial charge in [-0.3, -0.25) is 0 Å². The molecule has 0 aliphatic carbocycles. The second-order valence-corrected chi connectivity index (χ2v) is 4.25. The fourth-order valence-corrected chi connectivity index (χ4v) is 1.71. The Hall–Kier alpha value is -0.610. The van der Waals surface area contributed by atoms with Gasteiger partial charge in [-0.15, -0.1) is 0 Å². The predicted molar refractivity (Wildman–Crippen MR) is 59.7 cm³/mol. The van der Waals surface area contributed by atoms with E-state index in [0.717, 1.165) is 36.6 Å². The zero-order valence-corrected chi connectivity index (χ0v) is 9.75. The molecule has 0 saturated carbocycles. The summed E-state index contributed by atoms with van der Waals surface area (Å²) in [5.41, 5.74) is 1.22. The quantitative estimate of drug-likeness (QED) is 0.769. The lowest BCUT2D eigenvalue weighted by Gasteiger charge is -2.28. The van der Waals surface area contributed by atoms with Crippen molar-refractivity contribution < 1.29 is 4.74 Å². The molecule has 0 radical (unpaired) electrons. The highest BCUT2D eigenvalue weighted by atomic mass is 79.9. The van der Waals surface area contributed by atoms with E-state index in [9.17, 15) is 0 Å². The Morgan fingerprint density at radius 2 is 2.14 bits per heavy atom. The molecule has 2 heterocycles. The second kappa shape index (κ2) is 4.28. The van der Waals surface area contributed by atoms with Crippen LogP contribution in [0.5, 0.6) is 0 Å². The number of aromatic nitrogens is 1. The average molecular weight is 257 g/mol. The molecule has 0 aromatic carbocycles. The summed E-state index contributed by atoms with van der Waals surface area (Å²) in [7, 11) is 0. The molecule has 1 aliphatic rings. The normalized spacial score (nSPS) is 17.1. The molecule has 0 bridgehead atoms. The molecule has 0 unspecified atom stereocenters. The molecule has 0 atom stereocenters. The molecule has 1 aromatic rings. The highest BCUT2D eigenvalue weighted by Gasteiger charge is 2.12. The van der Waals surface area contributed by atoms with E-state index in [1.54, 1.807) is 0 Å². The van der Waals surface area contributed by atoms with Gasteiger partial charge in [0.25, 0.3) is 0 Å². The molecule has 1 saturated heterocycles. The van der Waals surface area contributed by atoms with E-state index in [4.69, 9.17) is 4.74 Å². The smallest absolute Gasteiger partial charge is 0.128 e. The molecule has 4 heteroatoms. The van der Waals surface area contributed by atoms with E-state index in [0.29, 0.717) is 0 Å². The third kappa shape index (κ3) is 2.07. The first-order valence-electron chi connectivity index (χ1n) is 4.72. The van der Waals surface area contributed by atoms with Crippen LogP contribution in [0.1, 0.15) is 5.56 Å². The maximum atomic E-state index is 5.30. The fraction of sp³-hybridized carbons (Fsp3) is 0.500. The summed E-state index contributed by atoms with van der Waals surface area (Å²) in [6, 6.07) is 2.11. The lowest BCUT2D eigenvalue weighted by Crippen LogP contribution is -2.36. The third-order valence-electron chi connectivity index (χ3n) is 2.37. The van der Waals surface area contributed by atoms with E-state index in [1.165, 1.54) is 5.56 Å². The van der Waals surface area contributed by atoms with Gasteiger partial charge in [-0.05, 0) is 34.5 Å². The zero-order chi connectivity index (χ0) is 9.97. The van der Waals surface area contributed by atoms with E-state index >= 15 is 0 Å². The fourth-order valence-electron chi connectivity index (χ4n) is 1.49. The number of rotatable bonds is 1. The van der Waals surface area contributed by atoms with Gasteiger partial charge in [0.05, 0.1) is 13.2 Å². The Labute approximate surface area is 92.2 Å². The van der Waals surface area contributed by atoms with Crippen molar-refractivity contribution in [1.82, 2.24) is 4.98 Å². The van der Waals surface area contributed by atoms with Gasteiger partial charge in [-0.1, -0.05) is 0 Å². The van der Waals surface area contributed by atoms with E-state index in [1.807, 2.05) is 6.20 Å². The molecular formula is C10H13BrN2O. The molecule has 1 fully saturated rings. The first-order valence-corrected chi connectivity index (χ1v) is 5.51. The number of morpholine rings is 1. The van der Waals surface area contributed by atoms with Crippen molar-refractivity contribution in [2.45, 2.75) is 6.92 Å². The Morgan fingerprint density at radius 3 is 2.79 bits per heavy atom. The number of nitrogens with zero attached hydrogens (tertiary/aromatic N) is 2. The minimum absolute atomic E-state index is 0.802. The predicted octanol–water partition coefficient (Wildman–Crippen LogP) is 1.99. The van der Waals surface area contributed by atoms with Crippen molar-refractivity contribution in [3.63, 3.8) is 0 Å². The summed E-state index contributed by atoms with van der Waals surface area (Å²) < 4.78 is 6.36. The maximum absolute atomic E-state index is 5.30. The number of anilines is 1. The van der Waals surface area contributed by atoms with Crippen molar-refractivity contribution in [1.29, 1.82) is 0 Å². The van der Waals surface area contributed by atoms with Gasteiger partial charge in [0.2, 0.25) is 0 Å². The van der Waals surface area contributed by atoms with Crippen LogP contribution in [0.15, 0.2) is 16.7 Å². The lowest BCUT2D eigenvalue weighted by molar-refractivity contribution is 0.122. The molecule has 0 amide bonds.